The number of amides is 1. The van der Waals surface area contributed by atoms with Crippen LogP contribution in [0.4, 0.5) is 5.69 Å². The molecular formula is C26H28N2O4S. The molecule has 1 N–H and O–H groups in total. The van der Waals surface area contributed by atoms with Crippen molar-refractivity contribution < 1.29 is 17.9 Å². The highest BCUT2D eigenvalue weighted by Gasteiger charge is 2.35. The number of sulfonamides is 1. The Morgan fingerprint density at radius 3 is 2.52 bits per heavy atom. The zero-order valence-corrected chi connectivity index (χ0v) is 19.9. The zero-order chi connectivity index (χ0) is 23.6. The monoisotopic (exact) mass is 464 g/mol. The smallest absolute Gasteiger partial charge is 0.265 e. The molecule has 1 aliphatic rings. The van der Waals surface area contributed by atoms with Crippen molar-refractivity contribution in [2.24, 2.45) is 0 Å². The molecule has 3 aromatic carbocycles. The Hall–Kier alpha value is -3.32. The summed E-state index contributed by atoms with van der Waals surface area (Å²) in [4.78, 5) is 12.9. The molecule has 0 unspecified atom stereocenters. The van der Waals surface area contributed by atoms with Gasteiger partial charge in [0.25, 0.3) is 10.0 Å². The Morgan fingerprint density at radius 2 is 1.76 bits per heavy atom. The minimum absolute atomic E-state index is 0.219. The SMILES string of the molecule is CCc1ccc2c(c1)-c1ccccc1S(=O)(=O)N2CC(=O)NCCOc1ccc(C)c(C)c1. The van der Waals surface area contributed by atoms with Gasteiger partial charge < -0.3 is 10.1 Å². The van der Waals surface area contributed by atoms with Crippen LogP contribution in [0.25, 0.3) is 11.1 Å². The molecule has 0 aliphatic carbocycles. The van der Waals surface area contributed by atoms with Gasteiger partial charge in [0.05, 0.1) is 17.1 Å². The fraction of sp³-hybridized carbons (Fsp3) is 0.269. The van der Waals surface area contributed by atoms with Crippen LogP contribution in [0.2, 0.25) is 0 Å². The lowest BCUT2D eigenvalue weighted by Gasteiger charge is -2.32. The van der Waals surface area contributed by atoms with Gasteiger partial charge in [-0.2, -0.15) is 0 Å². The summed E-state index contributed by atoms with van der Waals surface area (Å²) in [6, 6.07) is 18.5. The van der Waals surface area contributed by atoms with Crippen LogP contribution in [0.5, 0.6) is 5.75 Å². The second kappa shape index (κ2) is 9.27. The van der Waals surface area contributed by atoms with Gasteiger partial charge in [-0.3, -0.25) is 9.10 Å². The number of benzene rings is 3. The van der Waals surface area contributed by atoms with E-state index in [0.29, 0.717) is 17.9 Å². The van der Waals surface area contributed by atoms with Crippen molar-refractivity contribution in [1.29, 1.82) is 0 Å². The lowest BCUT2D eigenvalue weighted by molar-refractivity contribution is -0.119. The molecule has 0 atom stereocenters. The van der Waals surface area contributed by atoms with Crippen LogP contribution < -0.4 is 14.4 Å². The van der Waals surface area contributed by atoms with Gasteiger partial charge in [0.1, 0.15) is 18.9 Å². The fourth-order valence-electron chi connectivity index (χ4n) is 3.92. The van der Waals surface area contributed by atoms with Gasteiger partial charge in [-0.1, -0.05) is 37.3 Å². The first kappa shape index (κ1) is 22.9. The molecule has 0 fully saturated rings. The Morgan fingerprint density at radius 1 is 0.970 bits per heavy atom. The molecule has 6 nitrogen and oxygen atoms in total. The maximum atomic E-state index is 13.4. The van der Waals surface area contributed by atoms with Crippen LogP contribution in [0.3, 0.4) is 0 Å². The summed E-state index contributed by atoms with van der Waals surface area (Å²) >= 11 is 0. The van der Waals surface area contributed by atoms with Crippen molar-refractivity contribution in [3.8, 4) is 16.9 Å². The average Bonchev–Trinajstić information content (AvgIpc) is 2.81. The molecule has 1 heterocycles. The summed E-state index contributed by atoms with van der Waals surface area (Å²) in [5.74, 6) is 0.357. The number of fused-ring (bicyclic) bond motifs is 3. The van der Waals surface area contributed by atoms with Crippen LogP contribution >= 0.6 is 0 Å². The van der Waals surface area contributed by atoms with E-state index in [0.717, 1.165) is 28.9 Å². The molecule has 3 aromatic rings. The van der Waals surface area contributed by atoms with E-state index in [9.17, 15) is 13.2 Å². The Bertz CT molecular complexity index is 1300. The first-order chi connectivity index (χ1) is 15.8. The minimum Gasteiger partial charge on any atom is -0.492 e. The quantitative estimate of drug-likeness (QED) is 0.531. The number of carbonyl (C=O) groups is 1. The predicted molar refractivity (Wildman–Crippen MR) is 130 cm³/mol. The number of anilines is 1. The summed E-state index contributed by atoms with van der Waals surface area (Å²) in [7, 11) is -3.85. The van der Waals surface area contributed by atoms with Crippen LogP contribution in [0.15, 0.2) is 65.6 Å². The van der Waals surface area contributed by atoms with Gasteiger partial charge >= 0.3 is 0 Å². The number of ether oxygens (including phenoxy) is 1. The van der Waals surface area contributed by atoms with E-state index in [2.05, 4.69) is 12.2 Å². The summed E-state index contributed by atoms with van der Waals surface area (Å²) in [5.41, 5.74) is 5.44. The molecule has 7 heteroatoms. The Labute approximate surface area is 195 Å². The number of hydrogen-bond donors (Lipinski definition) is 1. The second-order valence-electron chi connectivity index (χ2n) is 8.16. The maximum absolute atomic E-state index is 13.4. The molecule has 1 aliphatic heterocycles. The highest BCUT2D eigenvalue weighted by molar-refractivity contribution is 7.93. The lowest BCUT2D eigenvalue weighted by atomic mass is 9.99. The number of aryl methyl sites for hydroxylation is 3. The first-order valence-corrected chi connectivity index (χ1v) is 12.5. The summed E-state index contributed by atoms with van der Waals surface area (Å²) in [5, 5.41) is 2.77. The lowest BCUT2D eigenvalue weighted by Crippen LogP contribution is -2.43. The summed E-state index contributed by atoms with van der Waals surface area (Å²) in [6.45, 7) is 6.38. The summed E-state index contributed by atoms with van der Waals surface area (Å²) < 4.78 is 33.6. The van der Waals surface area contributed by atoms with Crippen LogP contribution in [-0.4, -0.2) is 34.0 Å². The number of nitrogens with one attached hydrogen (secondary N) is 1. The molecule has 33 heavy (non-hydrogen) atoms. The molecule has 1 amide bonds. The van der Waals surface area contributed by atoms with Crippen molar-refractivity contribution in [2.75, 3.05) is 24.0 Å². The summed E-state index contributed by atoms with van der Waals surface area (Å²) in [6.07, 6.45) is 0.836. The molecule has 0 spiro atoms. The molecular weight excluding hydrogens is 436 g/mol. The molecule has 0 aromatic heterocycles. The largest absolute Gasteiger partial charge is 0.492 e. The highest BCUT2D eigenvalue weighted by Crippen LogP contribution is 2.43. The third-order valence-electron chi connectivity index (χ3n) is 5.94. The third-order valence-corrected chi connectivity index (χ3v) is 7.76. The molecule has 172 valence electrons. The third kappa shape index (κ3) is 4.59. The molecule has 0 saturated carbocycles. The van der Waals surface area contributed by atoms with Crippen LogP contribution in [0.1, 0.15) is 23.6 Å². The Balaban J connectivity index is 1.48. The van der Waals surface area contributed by atoms with Crippen molar-refractivity contribution in [3.63, 3.8) is 0 Å². The van der Waals surface area contributed by atoms with E-state index in [1.54, 1.807) is 18.2 Å². The van der Waals surface area contributed by atoms with E-state index in [1.165, 1.54) is 9.87 Å². The molecule has 0 radical (unpaired) electrons. The van der Waals surface area contributed by atoms with Crippen molar-refractivity contribution >= 4 is 21.6 Å². The fourth-order valence-corrected chi connectivity index (χ4v) is 5.57. The van der Waals surface area contributed by atoms with E-state index in [-0.39, 0.29) is 23.9 Å². The van der Waals surface area contributed by atoms with Crippen LogP contribution in [0, 0.1) is 13.8 Å². The van der Waals surface area contributed by atoms with Gasteiger partial charge in [0, 0.05) is 11.1 Å². The van der Waals surface area contributed by atoms with E-state index in [4.69, 9.17) is 4.74 Å². The van der Waals surface area contributed by atoms with Crippen molar-refractivity contribution in [2.45, 2.75) is 32.1 Å². The van der Waals surface area contributed by atoms with Gasteiger partial charge in [0.15, 0.2) is 0 Å². The van der Waals surface area contributed by atoms with Crippen LogP contribution in [-0.2, 0) is 21.2 Å². The minimum atomic E-state index is -3.85. The Kier molecular flexibility index (Phi) is 6.42. The standard InChI is InChI=1S/C26H28N2O4S/c1-4-20-10-12-24-23(16-20)22-7-5-6-8-25(22)33(30,31)28(24)17-26(29)27-13-14-32-21-11-9-18(2)19(3)15-21/h5-12,15-16H,4,13-14,17H2,1-3H3,(H,27,29). The zero-order valence-electron chi connectivity index (χ0n) is 19.1. The highest BCUT2D eigenvalue weighted by atomic mass is 32.2. The predicted octanol–water partition coefficient (Wildman–Crippen LogP) is 4.24. The number of hydrogen-bond acceptors (Lipinski definition) is 4. The average molecular weight is 465 g/mol. The molecule has 4 rings (SSSR count). The van der Waals surface area contributed by atoms with Gasteiger partial charge in [-0.25, -0.2) is 8.42 Å². The van der Waals surface area contributed by atoms with Crippen molar-refractivity contribution in [1.82, 2.24) is 5.32 Å². The van der Waals surface area contributed by atoms with Gasteiger partial charge in [-0.15, -0.1) is 0 Å². The second-order valence-corrected chi connectivity index (χ2v) is 9.99. The normalized spacial score (nSPS) is 13.7. The molecule has 0 saturated heterocycles. The van der Waals surface area contributed by atoms with Gasteiger partial charge in [-0.05, 0) is 67.3 Å². The van der Waals surface area contributed by atoms with E-state index >= 15 is 0 Å². The van der Waals surface area contributed by atoms with E-state index in [1.807, 2.05) is 56.3 Å². The van der Waals surface area contributed by atoms with Gasteiger partial charge in [0.2, 0.25) is 5.91 Å². The molecule has 0 bridgehead atoms. The topological polar surface area (TPSA) is 75.7 Å². The first-order valence-electron chi connectivity index (χ1n) is 11.0. The number of carbonyl (C=O) groups excluding carboxylic acids is 1. The van der Waals surface area contributed by atoms with E-state index < -0.39 is 10.0 Å². The maximum Gasteiger partial charge on any atom is 0.265 e. The van der Waals surface area contributed by atoms with Crippen molar-refractivity contribution in [3.05, 3.63) is 77.4 Å². The number of nitrogens with zero attached hydrogens (tertiary/aromatic N) is 1. The number of rotatable bonds is 7.